The summed E-state index contributed by atoms with van der Waals surface area (Å²) in [6.45, 7) is 1.92. The Kier molecular flexibility index (Phi) is 4.40. The van der Waals surface area contributed by atoms with Crippen molar-refractivity contribution in [2.75, 3.05) is 20.2 Å². The van der Waals surface area contributed by atoms with Crippen LogP contribution in [0.25, 0.3) is 0 Å². The minimum atomic E-state index is -0.618. The molecule has 0 spiro atoms. The van der Waals surface area contributed by atoms with Crippen molar-refractivity contribution < 1.29 is 14.6 Å². The molecule has 0 atom stereocenters. The lowest BCUT2D eigenvalue weighted by Gasteiger charge is -2.39. The molecular formula is C13H23NO3. The third kappa shape index (κ3) is 3.19. The van der Waals surface area contributed by atoms with Gasteiger partial charge in [0.15, 0.2) is 0 Å². The second-order valence-electron chi connectivity index (χ2n) is 5.31. The molecule has 1 aliphatic heterocycles. The summed E-state index contributed by atoms with van der Waals surface area (Å²) in [5.74, 6) is -0.727. The van der Waals surface area contributed by atoms with Gasteiger partial charge in [-0.15, -0.1) is 0 Å². The highest BCUT2D eigenvalue weighted by Gasteiger charge is 2.30. The second kappa shape index (κ2) is 5.83. The lowest BCUT2D eigenvalue weighted by molar-refractivity contribution is -0.143. The molecule has 1 heterocycles. The van der Waals surface area contributed by atoms with Crippen molar-refractivity contribution in [1.29, 1.82) is 0 Å². The summed E-state index contributed by atoms with van der Waals surface area (Å²) in [4.78, 5) is 13.4. The predicted octanol–water partition coefficient (Wildman–Crippen LogP) is 1.74. The van der Waals surface area contributed by atoms with E-state index in [1.807, 2.05) is 0 Å². The zero-order chi connectivity index (χ0) is 12.3. The van der Waals surface area contributed by atoms with Gasteiger partial charge in [0.1, 0.15) is 0 Å². The fourth-order valence-electron chi connectivity index (χ4n) is 3.16. The summed E-state index contributed by atoms with van der Waals surface area (Å²) in [6.07, 6.45) is 6.80. The quantitative estimate of drug-likeness (QED) is 0.817. The molecule has 0 amide bonds. The Morgan fingerprint density at radius 3 is 2.18 bits per heavy atom. The fraction of sp³-hybridized carbons (Fsp3) is 0.923. The van der Waals surface area contributed by atoms with Gasteiger partial charge in [-0.1, -0.05) is 0 Å². The lowest BCUT2D eigenvalue weighted by atomic mass is 9.89. The molecule has 2 fully saturated rings. The molecule has 2 rings (SSSR count). The lowest BCUT2D eigenvalue weighted by Crippen LogP contribution is -2.44. The Morgan fingerprint density at radius 1 is 1.12 bits per heavy atom. The largest absolute Gasteiger partial charge is 0.481 e. The van der Waals surface area contributed by atoms with Crippen LogP contribution in [0.5, 0.6) is 0 Å². The number of methoxy groups -OCH3 is 1. The number of nitrogens with zero attached hydrogens (tertiary/aromatic N) is 1. The molecule has 4 heteroatoms. The van der Waals surface area contributed by atoms with E-state index in [9.17, 15) is 4.79 Å². The predicted molar refractivity (Wildman–Crippen MR) is 65.0 cm³/mol. The maximum Gasteiger partial charge on any atom is 0.306 e. The molecule has 0 aromatic heterocycles. The average molecular weight is 241 g/mol. The van der Waals surface area contributed by atoms with E-state index >= 15 is 0 Å². The van der Waals surface area contributed by atoms with E-state index in [4.69, 9.17) is 9.84 Å². The van der Waals surface area contributed by atoms with Crippen LogP contribution in [0.2, 0.25) is 0 Å². The van der Waals surface area contributed by atoms with Gasteiger partial charge in [0.25, 0.3) is 0 Å². The number of carboxylic acid groups (broad SMARTS) is 1. The topological polar surface area (TPSA) is 49.8 Å². The SMILES string of the molecule is COC1CCC(N2CCC(C(=O)O)CC2)CC1. The molecule has 98 valence electrons. The average Bonchev–Trinajstić information content (AvgIpc) is 2.39. The zero-order valence-corrected chi connectivity index (χ0v) is 10.6. The van der Waals surface area contributed by atoms with E-state index in [0.29, 0.717) is 12.1 Å². The van der Waals surface area contributed by atoms with Crippen LogP contribution in [-0.2, 0) is 9.53 Å². The highest BCUT2D eigenvalue weighted by molar-refractivity contribution is 5.70. The Bertz CT molecular complexity index is 253. The highest BCUT2D eigenvalue weighted by Crippen LogP contribution is 2.28. The number of piperidine rings is 1. The van der Waals surface area contributed by atoms with Gasteiger partial charge >= 0.3 is 5.97 Å². The number of likely N-dealkylation sites (tertiary alicyclic amines) is 1. The molecule has 2 aliphatic rings. The maximum absolute atomic E-state index is 10.9. The Hall–Kier alpha value is -0.610. The number of carbonyl (C=O) groups is 1. The summed E-state index contributed by atoms with van der Waals surface area (Å²) in [6, 6.07) is 0.663. The standard InChI is InChI=1S/C13H23NO3/c1-17-12-4-2-11(3-5-12)14-8-6-10(7-9-14)13(15)16/h10-12H,2-9H2,1H3,(H,15,16). The first-order chi connectivity index (χ1) is 8.20. The van der Waals surface area contributed by atoms with Crippen molar-refractivity contribution in [1.82, 2.24) is 4.90 Å². The summed E-state index contributed by atoms with van der Waals surface area (Å²) in [7, 11) is 1.79. The van der Waals surface area contributed by atoms with E-state index in [2.05, 4.69) is 4.90 Å². The van der Waals surface area contributed by atoms with Crippen molar-refractivity contribution in [2.45, 2.75) is 50.7 Å². The Morgan fingerprint density at radius 2 is 1.71 bits per heavy atom. The summed E-state index contributed by atoms with van der Waals surface area (Å²) < 4.78 is 5.38. The second-order valence-corrected chi connectivity index (χ2v) is 5.31. The number of hydrogen-bond donors (Lipinski definition) is 1. The van der Waals surface area contributed by atoms with Gasteiger partial charge in [-0.3, -0.25) is 4.79 Å². The fourth-order valence-corrected chi connectivity index (χ4v) is 3.16. The van der Waals surface area contributed by atoms with Crippen LogP contribution in [0.1, 0.15) is 38.5 Å². The number of carboxylic acids is 1. The number of aliphatic carboxylic acids is 1. The Labute approximate surface area is 103 Å². The molecule has 4 nitrogen and oxygen atoms in total. The van der Waals surface area contributed by atoms with Gasteiger partial charge in [0, 0.05) is 13.2 Å². The van der Waals surface area contributed by atoms with Crippen molar-refractivity contribution in [3.05, 3.63) is 0 Å². The molecule has 17 heavy (non-hydrogen) atoms. The van der Waals surface area contributed by atoms with Gasteiger partial charge in [0.2, 0.25) is 0 Å². The van der Waals surface area contributed by atoms with Crippen LogP contribution >= 0.6 is 0 Å². The minimum Gasteiger partial charge on any atom is -0.481 e. The van der Waals surface area contributed by atoms with Crippen molar-refractivity contribution >= 4 is 5.97 Å². The minimum absolute atomic E-state index is 0.110. The van der Waals surface area contributed by atoms with E-state index in [1.165, 1.54) is 12.8 Å². The molecule has 0 bridgehead atoms. The first kappa shape index (κ1) is 12.8. The van der Waals surface area contributed by atoms with Crippen LogP contribution in [-0.4, -0.2) is 48.3 Å². The molecule has 1 aliphatic carbocycles. The van der Waals surface area contributed by atoms with Gasteiger partial charge in [0.05, 0.1) is 12.0 Å². The smallest absolute Gasteiger partial charge is 0.306 e. The first-order valence-electron chi connectivity index (χ1n) is 6.70. The normalized spacial score (nSPS) is 32.5. The third-order valence-electron chi connectivity index (χ3n) is 4.37. The van der Waals surface area contributed by atoms with Crippen LogP contribution in [0, 0.1) is 5.92 Å². The first-order valence-corrected chi connectivity index (χ1v) is 6.70. The van der Waals surface area contributed by atoms with Gasteiger partial charge in [-0.2, -0.15) is 0 Å². The van der Waals surface area contributed by atoms with Gasteiger partial charge in [-0.25, -0.2) is 0 Å². The van der Waals surface area contributed by atoms with Crippen LogP contribution < -0.4 is 0 Å². The van der Waals surface area contributed by atoms with E-state index in [1.54, 1.807) is 7.11 Å². The Balaban J connectivity index is 1.76. The molecule has 0 unspecified atom stereocenters. The number of hydrogen-bond acceptors (Lipinski definition) is 3. The third-order valence-corrected chi connectivity index (χ3v) is 4.37. The highest BCUT2D eigenvalue weighted by atomic mass is 16.5. The molecule has 0 radical (unpaired) electrons. The van der Waals surface area contributed by atoms with E-state index < -0.39 is 5.97 Å². The summed E-state index contributed by atoms with van der Waals surface area (Å²) >= 11 is 0. The summed E-state index contributed by atoms with van der Waals surface area (Å²) in [5, 5.41) is 8.97. The van der Waals surface area contributed by atoms with E-state index in [-0.39, 0.29) is 5.92 Å². The van der Waals surface area contributed by atoms with E-state index in [0.717, 1.165) is 38.8 Å². The van der Waals surface area contributed by atoms with Gasteiger partial charge < -0.3 is 14.7 Å². The van der Waals surface area contributed by atoms with Crippen molar-refractivity contribution in [2.24, 2.45) is 5.92 Å². The van der Waals surface area contributed by atoms with Crippen LogP contribution in [0.3, 0.4) is 0 Å². The van der Waals surface area contributed by atoms with Gasteiger partial charge in [-0.05, 0) is 51.6 Å². The molecule has 0 aromatic carbocycles. The maximum atomic E-state index is 10.9. The van der Waals surface area contributed by atoms with Crippen LogP contribution in [0.15, 0.2) is 0 Å². The molecule has 1 saturated carbocycles. The van der Waals surface area contributed by atoms with Crippen molar-refractivity contribution in [3.63, 3.8) is 0 Å². The number of ether oxygens (including phenoxy) is 1. The van der Waals surface area contributed by atoms with Crippen LogP contribution in [0.4, 0.5) is 0 Å². The number of rotatable bonds is 3. The molecule has 1 saturated heterocycles. The summed E-state index contributed by atoms with van der Waals surface area (Å²) in [5.41, 5.74) is 0. The monoisotopic (exact) mass is 241 g/mol. The molecular weight excluding hydrogens is 218 g/mol. The zero-order valence-electron chi connectivity index (χ0n) is 10.6. The molecule has 0 aromatic rings. The van der Waals surface area contributed by atoms with Crippen molar-refractivity contribution in [3.8, 4) is 0 Å². The molecule has 1 N–H and O–H groups in total.